The Morgan fingerprint density at radius 2 is 1.83 bits per heavy atom. The second-order valence-electron chi connectivity index (χ2n) is 10.8. The quantitative estimate of drug-likeness (QED) is 0.544. The van der Waals surface area contributed by atoms with Crippen LogP contribution in [-0.2, 0) is 10.2 Å². The van der Waals surface area contributed by atoms with Gasteiger partial charge in [0.15, 0.2) is 0 Å². The molecule has 1 amide bonds. The number of carbonyl (C=O) groups is 1. The van der Waals surface area contributed by atoms with Gasteiger partial charge in [0.2, 0.25) is 5.91 Å². The maximum Gasteiger partial charge on any atom is 0.244 e. The number of aliphatic hydroxyl groups is 1. The SMILES string of the molecule is COc1cccc(C=CC(=O)N[C@@H]2CC[C@]3(O)CN(CC4CC4)CC[C@@]3(c3cccc(OC)c3)C2)c1. The van der Waals surface area contributed by atoms with Crippen molar-refractivity contribution in [3.05, 3.63) is 65.7 Å². The third kappa shape index (κ3) is 5.16. The van der Waals surface area contributed by atoms with E-state index in [9.17, 15) is 9.90 Å². The summed E-state index contributed by atoms with van der Waals surface area (Å²) in [4.78, 5) is 15.3. The monoisotopic (exact) mass is 490 g/mol. The van der Waals surface area contributed by atoms with Crippen molar-refractivity contribution in [3.8, 4) is 11.5 Å². The van der Waals surface area contributed by atoms with E-state index in [4.69, 9.17) is 9.47 Å². The van der Waals surface area contributed by atoms with E-state index in [-0.39, 0.29) is 11.9 Å². The number of likely N-dealkylation sites (tertiary alicyclic amines) is 1. The maximum absolute atomic E-state index is 12.9. The molecule has 2 aliphatic carbocycles. The van der Waals surface area contributed by atoms with Crippen LogP contribution in [0, 0.1) is 5.92 Å². The van der Waals surface area contributed by atoms with E-state index in [0.29, 0.717) is 19.4 Å². The molecule has 1 aliphatic heterocycles. The Balaban J connectivity index is 1.35. The van der Waals surface area contributed by atoms with E-state index < -0.39 is 11.0 Å². The normalized spacial score (nSPS) is 28.5. The van der Waals surface area contributed by atoms with Crippen LogP contribution in [0.5, 0.6) is 11.5 Å². The zero-order chi connectivity index (χ0) is 25.2. The summed E-state index contributed by atoms with van der Waals surface area (Å²) in [6.07, 6.45) is 9.04. The summed E-state index contributed by atoms with van der Waals surface area (Å²) in [6.45, 7) is 2.75. The molecule has 0 radical (unpaired) electrons. The van der Waals surface area contributed by atoms with Gasteiger partial charge in [-0.2, -0.15) is 0 Å². The fraction of sp³-hybridized carbons (Fsp3) is 0.500. The average Bonchev–Trinajstić information content (AvgIpc) is 3.72. The van der Waals surface area contributed by atoms with Gasteiger partial charge in [0.05, 0.1) is 19.8 Å². The number of hydrogen-bond donors (Lipinski definition) is 2. The standard InChI is InChI=1S/C30H38N2O4/c1-35-26-7-3-5-22(17-26)11-12-28(33)31-25-13-14-30(34)21-32(20-23-9-10-23)16-15-29(30,19-25)24-6-4-8-27(18-24)36-2/h3-8,11-12,17-18,23,25,34H,9-10,13-16,19-21H2,1-2H3,(H,31,33)/t25-,29+,30+/m1/s1. The topological polar surface area (TPSA) is 71.0 Å². The van der Waals surface area contributed by atoms with Gasteiger partial charge in [-0.25, -0.2) is 0 Å². The Kier molecular flexibility index (Phi) is 7.09. The summed E-state index contributed by atoms with van der Waals surface area (Å²) in [5, 5.41) is 15.4. The van der Waals surface area contributed by atoms with E-state index in [1.165, 1.54) is 12.8 Å². The number of β-amino-alcohol motifs (C(OH)–C–C–N with tert-alkyl or cyclic N) is 1. The van der Waals surface area contributed by atoms with Gasteiger partial charge in [0.1, 0.15) is 11.5 Å². The molecule has 2 aromatic carbocycles. The molecule has 0 bridgehead atoms. The van der Waals surface area contributed by atoms with Crippen LogP contribution < -0.4 is 14.8 Å². The summed E-state index contributed by atoms with van der Waals surface area (Å²) >= 11 is 0. The van der Waals surface area contributed by atoms with Crippen LogP contribution in [-0.4, -0.2) is 61.4 Å². The van der Waals surface area contributed by atoms with Crippen molar-refractivity contribution in [3.63, 3.8) is 0 Å². The van der Waals surface area contributed by atoms with Crippen LogP contribution >= 0.6 is 0 Å². The van der Waals surface area contributed by atoms with Gasteiger partial charge in [0, 0.05) is 30.6 Å². The van der Waals surface area contributed by atoms with Crippen LogP contribution in [0.2, 0.25) is 0 Å². The molecule has 192 valence electrons. The zero-order valence-electron chi connectivity index (χ0n) is 21.4. The van der Waals surface area contributed by atoms with Crippen molar-refractivity contribution in [2.45, 2.75) is 55.6 Å². The summed E-state index contributed by atoms with van der Waals surface area (Å²) in [5.41, 5.74) is 0.776. The van der Waals surface area contributed by atoms with Gasteiger partial charge in [-0.15, -0.1) is 0 Å². The van der Waals surface area contributed by atoms with Crippen molar-refractivity contribution in [1.82, 2.24) is 10.2 Å². The molecule has 2 aromatic rings. The highest BCUT2D eigenvalue weighted by molar-refractivity contribution is 5.92. The third-order valence-electron chi connectivity index (χ3n) is 8.43. The van der Waals surface area contributed by atoms with Crippen molar-refractivity contribution >= 4 is 12.0 Å². The van der Waals surface area contributed by atoms with Gasteiger partial charge in [-0.1, -0.05) is 24.3 Å². The van der Waals surface area contributed by atoms with Gasteiger partial charge in [0.25, 0.3) is 0 Å². The number of benzene rings is 2. The summed E-state index contributed by atoms with van der Waals surface area (Å²) in [7, 11) is 3.31. The summed E-state index contributed by atoms with van der Waals surface area (Å²) in [6, 6.07) is 15.8. The largest absolute Gasteiger partial charge is 0.497 e. The van der Waals surface area contributed by atoms with Crippen LogP contribution in [0.1, 0.15) is 49.7 Å². The molecule has 0 spiro atoms. The molecule has 6 heteroatoms. The van der Waals surface area contributed by atoms with E-state index in [0.717, 1.165) is 54.5 Å². The molecule has 0 unspecified atom stereocenters. The molecular weight excluding hydrogens is 452 g/mol. The van der Waals surface area contributed by atoms with Crippen LogP contribution in [0.4, 0.5) is 0 Å². The summed E-state index contributed by atoms with van der Waals surface area (Å²) < 4.78 is 10.8. The molecule has 6 nitrogen and oxygen atoms in total. The number of methoxy groups -OCH3 is 2. The van der Waals surface area contributed by atoms with Gasteiger partial charge < -0.3 is 24.8 Å². The van der Waals surface area contributed by atoms with Crippen molar-refractivity contribution < 1.29 is 19.4 Å². The number of ether oxygens (including phenoxy) is 2. The molecule has 2 N–H and O–H groups in total. The van der Waals surface area contributed by atoms with Crippen molar-refractivity contribution in [1.29, 1.82) is 0 Å². The second kappa shape index (κ2) is 10.3. The number of amides is 1. The number of nitrogens with zero attached hydrogens (tertiary/aromatic N) is 1. The lowest BCUT2D eigenvalue weighted by Crippen LogP contribution is -2.67. The molecule has 5 rings (SSSR count). The first-order chi connectivity index (χ1) is 17.4. The first kappa shape index (κ1) is 24.8. The van der Waals surface area contributed by atoms with E-state index in [1.54, 1.807) is 20.3 Å². The molecule has 2 saturated carbocycles. The Morgan fingerprint density at radius 3 is 2.58 bits per heavy atom. The first-order valence-corrected chi connectivity index (χ1v) is 13.1. The van der Waals surface area contributed by atoms with Gasteiger partial charge in [-0.05, 0) is 92.5 Å². The van der Waals surface area contributed by atoms with Crippen LogP contribution in [0.15, 0.2) is 54.6 Å². The predicted octanol–water partition coefficient (Wildman–Crippen LogP) is 4.17. The number of rotatable bonds is 8. The van der Waals surface area contributed by atoms with E-state index in [2.05, 4.69) is 22.3 Å². The third-order valence-corrected chi connectivity index (χ3v) is 8.43. The van der Waals surface area contributed by atoms with E-state index in [1.807, 2.05) is 42.5 Å². The Hall–Kier alpha value is -2.83. The molecule has 1 saturated heterocycles. The van der Waals surface area contributed by atoms with Crippen molar-refractivity contribution in [2.75, 3.05) is 33.9 Å². The molecule has 3 atom stereocenters. The Labute approximate surface area is 214 Å². The lowest BCUT2D eigenvalue weighted by molar-refractivity contribution is -0.132. The average molecular weight is 491 g/mol. The smallest absolute Gasteiger partial charge is 0.244 e. The number of hydrogen-bond acceptors (Lipinski definition) is 5. The molecule has 0 aromatic heterocycles. The first-order valence-electron chi connectivity index (χ1n) is 13.1. The molecule has 1 heterocycles. The molecule has 3 aliphatic rings. The lowest BCUT2D eigenvalue weighted by atomic mass is 9.55. The highest BCUT2D eigenvalue weighted by atomic mass is 16.5. The van der Waals surface area contributed by atoms with Crippen molar-refractivity contribution in [2.24, 2.45) is 5.92 Å². The van der Waals surface area contributed by atoms with Gasteiger partial charge >= 0.3 is 0 Å². The predicted molar refractivity (Wildman–Crippen MR) is 141 cm³/mol. The zero-order valence-corrected chi connectivity index (χ0v) is 21.4. The number of nitrogens with one attached hydrogen (secondary N) is 1. The van der Waals surface area contributed by atoms with Crippen LogP contribution in [0.25, 0.3) is 6.08 Å². The molecular formula is C30H38N2O4. The number of carbonyl (C=O) groups excluding carboxylic acids is 1. The Bertz CT molecular complexity index is 1110. The van der Waals surface area contributed by atoms with E-state index >= 15 is 0 Å². The van der Waals surface area contributed by atoms with Crippen LogP contribution in [0.3, 0.4) is 0 Å². The minimum absolute atomic E-state index is 0.00563. The lowest BCUT2D eigenvalue weighted by Gasteiger charge is -2.58. The molecule has 3 fully saturated rings. The fourth-order valence-electron chi connectivity index (χ4n) is 6.29. The van der Waals surface area contributed by atoms with Gasteiger partial charge in [-0.3, -0.25) is 4.79 Å². The highest BCUT2D eigenvalue weighted by Crippen LogP contribution is 2.52. The maximum atomic E-state index is 12.9. The second-order valence-corrected chi connectivity index (χ2v) is 10.8. The summed E-state index contributed by atoms with van der Waals surface area (Å²) in [5.74, 6) is 2.25. The minimum atomic E-state index is -0.829. The fourth-order valence-corrected chi connectivity index (χ4v) is 6.29. The minimum Gasteiger partial charge on any atom is -0.497 e. The molecule has 36 heavy (non-hydrogen) atoms. The number of fused-ring (bicyclic) bond motifs is 1. The Morgan fingerprint density at radius 1 is 1.08 bits per heavy atom. The number of piperidine rings is 1. The highest BCUT2D eigenvalue weighted by Gasteiger charge is 2.57.